The molecular weight excluding hydrogens is 430 g/mol. The number of piperazine rings is 1. The summed E-state index contributed by atoms with van der Waals surface area (Å²) < 4.78 is 15.9. The van der Waals surface area contributed by atoms with Crippen LogP contribution in [0, 0.1) is 6.92 Å². The van der Waals surface area contributed by atoms with Gasteiger partial charge < -0.3 is 19.5 Å². The first kappa shape index (κ1) is 24.0. The van der Waals surface area contributed by atoms with Crippen LogP contribution in [0.15, 0.2) is 24.3 Å². The molecule has 0 atom stereocenters. The van der Waals surface area contributed by atoms with E-state index in [1.54, 1.807) is 21.1 Å². The third-order valence-corrected chi connectivity index (χ3v) is 6.49. The number of ether oxygens (including phenoxy) is 3. The summed E-state index contributed by atoms with van der Waals surface area (Å²) in [4.78, 5) is 29.5. The van der Waals surface area contributed by atoms with Crippen molar-refractivity contribution in [2.45, 2.75) is 20.4 Å². The molecule has 0 unspecified atom stereocenters. The molecule has 1 aliphatic rings. The van der Waals surface area contributed by atoms with Gasteiger partial charge in [0.25, 0.3) is 0 Å². The summed E-state index contributed by atoms with van der Waals surface area (Å²) in [5, 5.41) is 3.58. The van der Waals surface area contributed by atoms with Crippen LogP contribution in [0.1, 0.15) is 27.7 Å². The number of amides is 1. The molecule has 3 rings (SSSR count). The Morgan fingerprint density at radius 3 is 2.44 bits per heavy atom. The molecule has 0 saturated carbocycles. The molecule has 2 heterocycles. The minimum Gasteiger partial charge on any atom is -0.497 e. The Hall–Kier alpha value is -2.62. The summed E-state index contributed by atoms with van der Waals surface area (Å²) in [6, 6.07) is 7.64. The highest BCUT2D eigenvalue weighted by Gasteiger charge is 2.21. The lowest BCUT2D eigenvalue weighted by atomic mass is 10.1. The van der Waals surface area contributed by atoms with E-state index in [0.29, 0.717) is 23.0 Å². The lowest BCUT2D eigenvalue weighted by Crippen LogP contribution is -2.48. The third-order valence-electron chi connectivity index (χ3n) is 5.35. The molecule has 32 heavy (non-hydrogen) atoms. The molecule has 0 radical (unpaired) electrons. The average Bonchev–Trinajstić information content (AvgIpc) is 3.15. The fourth-order valence-corrected chi connectivity index (χ4v) is 4.66. The number of rotatable bonds is 9. The highest BCUT2D eigenvalue weighted by atomic mass is 32.1. The van der Waals surface area contributed by atoms with Crippen molar-refractivity contribution >= 4 is 28.2 Å². The normalized spacial score (nSPS) is 14.8. The summed E-state index contributed by atoms with van der Waals surface area (Å²) in [5.41, 5.74) is 1.90. The van der Waals surface area contributed by atoms with Gasteiger partial charge in [-0.3, -0.25) is 14.6 Å². The van der Waals surface area contributed by atoms with Crippen molar-refractivity contribution < 1.29 is 23.8 Å². The maximum absolute atomic E-state index is 12.5. The maximum Gasteiger partial charge on any atom is 0.348 e. The Labute approximate surface area is 193 Å². The van der Waals surface area contributed by atoms with E-state index in [1.165, 1.54) is 11.3 Å². The number of carbonyl (C=O) groups excluding carboxylic acids is 2. The van der Waals surface area contributed by atoms with E-state index in [2.05, 4.69) is 15.1 Å². The molecule has 9 heteroatoms. The molecule has 1 N–H and O–H groups in total. The number of esters is 1. The second kappa shape index (κ2) is 11.3. The standard InChI is InChI=1S/C23H31N3O5S/c1-5-31-23(28)22-16(2)12-21(32-22)24-20(27)15-26-10-8-25(9-11-26)14-17-13-18(29-3)6-7-19(17)30-4/h6-7,12-13H,5,8-11,14-15H2,1-4H3,(H,24,27). The number of thiophene rings is 1. The van der Waals surface area contributed by atoms with Crippen molar-refractivity contribution in [3.05, 3.63) is 40.3 Å². The molecule has 8 nitrogen and oxygen atoms in total. The van der Waals surface area contributed by atoms with Gasteiger partial charge in [-0.2, -0.15) is 0 Å². The van der Waals surface area contributed by atoms with E-state index in [-0.39, 0.29) is 11.9 Å². The van der Waals surface area contributed by atoms with E-state index in [4.69, 9.17) is 14.2 Å². The molecule has 1 fully saturated rings. The van der Waals surface area contributed by atoms with Gasteiger partial charge in [0.05, 0.1) is 32.4 Å². The number of nitrogens with zero attached hydrogens (tertiary/aromatic N) is 2. The van der Waals surface area contributed by atoms with Crippen LogP contribution in [0.3, 0.4) is 0 Å². The zero-order valence-electron chi connectivity index (χ0n) is 19.1. The Bertz CT molecular complexity index is 938. The van der Waals surface area contributed by atoms with Crippen LogP contribution in [0.2, 0.25) is 0 Å². The van der Waals surface area contributed by atoms with E-state index in [0.717, 1.165) is 55.3 Å². The van der Waals surface area contributed by atoms with Gasteiger partial charge in [0.2, 0.25) is 5.91 Å². The van der Waals surface area contributed by atoms with Crippen molar-refractivity contribution in [3.63, 3.8) is 0 Å². The van der Waals surface area contributed by atoms with Crippen LogP contribution in [0.5, 0.6) is 11.5 Å². The van der Waals surface area contributed by atoms with E-state index >= 15 is 0 Å². The molecule has 0 aliphatic carbocycles. The lowest BCUT2D eigenvalue weighted by Gasteiger charge is -2.34. The first-order chi connectivity index (χ1) is 15.4. The van der Waals surface area contributed by atoms with Gasteiger partial charge in [-0.15, -0.1) is 11.3 Å². The molecular formula is C23H31N3O5S. The number of hydrogen-bond acceptors (Lipinski definition) is 8. The fourth-order valence-electron chi connectivity index (χ4n) is 3.67. The number of anilines is 1. The molecule has 2 aromatic rings. The predicted octanol–water partition coefficient (Wildman–Crippen LogP) is 3.01. The van der Waals surface area contributed by atoms with Crippen LogP contribution < -0.4 is 14.8 Å². The second-order valence-corrected chi connectivity index (χ2v) is 8.67. The fraction of sp³-hybridized carbons (Fsp3) is 0.478. The summed E-state index contributed by atoms with van der Waals surface area (Å²) in [7, 11) is 3.33. The van der Waals surface area contributed by atoms with Crippen LogP contribution in [-0.2, 0) is 16.1 Å². The third kappa shape index (κ3) is 6.21. The summed E-state index contributed by atoms with van der Waals surface area (Å²) in [6.07, 6.45) is 0. The molecule has 174 valence electrons. The molecule has 1 amide bonds. The van der Waals surface area contributed by atoms with Gasteiger partial charge in [-0.1, -0.05) is 0 Å². The smallest absolute Gasteiger partial charge is 0.348 e. The Balaban J connectivity index is 1.49. The number of hydrogen-bond donors (Lipinski definition) is 1. The number of carbonyl (C=O) groups is 2. The Morgan fingerprint density at radius 1 is 1.06 bits per heavy atom. The zero-order valence-corrected chi connectivity index (χ0v) is 19.9. The SMILES string of the molecule is CCOC(=O)c1sc(NC(=O)CN2CCN(Cc3cc(OC)ccc3OC)CC2)cc1C. The molecule has 0 spiro atoms. The summed E-state index contributed by atoms with van der Waals surface area (Å²) in [5.74, 6) is 1.23. The minimum atomic E-state index is -0.348. The van der Waals surface area contributed by atoms with Crippen molar-refractivity contribution in [2.24, 2.45) is 0 Å². The van der Waals surface area contributed by atoms with Gasteiger partial charge >= 0.3 is 5.97 Å². The number of benzene rings is 1. The first-order valence-electron chi connectivity index (χ1n) is 10.7. The molecule has 0 bridgehead atoms. The van der Waals surface area contributed by atoms with Gasteiger partial charge in [0.1, 0.15) is 16.4 Å². The van der Waals surface area contributed by atoms with Crippen LogP contribution in [0.25, 0.3) is 0 Å². The first-order valence-corrected chi connectivity index (χ1v) is 11.5. The van der Waals surface area contributed by atoms with Gasteiger partial charge in [0.15, 0.2) is 0 Å². The largest absolute Gasteiger partial charge is 0.497 e. The molecule has 1 aliphatic heterocycles. The number of nitrogens with one attached hydrogen (secondary N) is 1. The highest BCUT2D eigenvalue weighted by molar-refractivity contribution is 7.18. The summed E-state index contributed by atoms with van der Waals surface area (Å²) >= 11 is 1.25. The lowest BCUT2D eigenvalue weighted by molar-refractivity contribution is -0.117. The Kier molecular flexibility index (Phi) is 8.49. The highest BCUT2D eigenvalue weighted by Crippen LogP contribution is 2.28. The van der Waals surface area contributed by atoms with Gasteiger partial charge in [0, 0.05) is 38.3 Å². The van der Waals surface area contributed by atoms with Crippen molar-refractivity contribution in [1.29, 1.82) is 0 Å². The molecule has 1 aromatic carbocycles. The number of methoxy groups -OCH3 is 2. The second-order valence-electron chi connectivity index (χ2n) is 7.62. The van der Waals surface area contributed by atoms with Gasteiger partial charge in [-0.25, -0.2) is 4.79 Å². The summed E-state index contributed by atoms with van der Waals surface area (Å²) in [6.45, 7) is 8.36. The van der Waals surface area contributed by atoms with Crippen molar-refractivity contribution in [1.82, 2.24) is 9.80 Å². The predicted molar refractivity (Wildman–Crippen MR) is 125 cm³/mol. The monoisotopic (exact) mass is 461 g/mol. The van der Waals surface area contributed by atoms with E-state index in [9.17, 15) is 9.59 Å². The maximum atomic E-state index is 12.5. The van der Waals surface area contributed by atoms with Crippen LogP contribution in [-0.4, -0.2) is 75.2 Å². The topological polar surface area (TPSA) is 80.3 Å². The number of aryl methyl sites for hydroxylation is 1. The van der Waals surface area contributed by atoms with Crippen LogP contribution in [0.4, 0.5) is 5.00 Å². The van der Waals surface area contributed by atoms with Gasteiger partial charge in [-0.05, 0) is 43.7 Å². The van der Waals surface area contributed by atoms with Crippen LogP contribution >= 0.6 is 11.3 Å². The molecule has 1 aromatic heterocycles. The van der Waals surface area contributed by atoms with Crippen molar-refractivity contribution in [3.8, 4) is 11.5 Å². The average molecular weight is 462 g/mol. The quantitative estimate of drug-likeness (QED) is 0.575. The zero-order chi connectivity index (χ0) is 23.1. The van der Waals surface area contributed by atoms with E-state index in [1.807, 2.05) is 31.2 Å². The Morgan fingerprint density at radius 2 is 1.78 bits per heavy atom. The molecule has 1 saturated heterocycles. The van der Waals surface area contributed by atoms with Crippen molar-refractivity contribution in [2.75, 3.05) is 58.9 Å². The van der Waals surface area contributed by atoms with E-state index < -0.39 is 0 Å². The minimum absolute atomic E-state index is 0.0791.